The number of methoxy groups -OCH3 is 1. The SMILES string of the molecule is CCOc1ccc(CCNC(N)=NCCc2ccc(OC)cc2)cc1OCC. The molecule has 3 N–H and O–H groups in total. The van der Waals surface area contributed by atoms with Crippen molar-refractivity contribution in [2.24, 2.45) is 10.7 Å². The molecule has 6 nitrogen and oxygen atoms in total. The van der Waals surface area contributed by atoms with E-state index in [1.165, 1.54) is 5.56 Å². The van der Waals surface area contributed by atoms with Gasteiger partial charge < -0.3 is 25.3 Å². The quantitative estimate of drug-likeness (QED) is 0.459. The Hall–Kier alpha value is -2.89. The van der Waals surface area contributed by atoms with E-state index in [-0.39, 0.29) is 0 Å². The molecule has 2 aromatic carbocycles. The van der Waals surface area contributed by atoms with Crippen LogP contribution >= 0.6 is 0 Å². The van der Waals surface area contributed by atoms with Crippen molar-refractivity contribution >= 4 is 5.96 Å². The Morgan fingerprint density at radius 3 is 2.29 bits per heavy atom. The Bertz CT molecular complexity index is 745. The average Bonchev–Trinajstić information content (AvgIpc) is 2.71. The molecule has 28 heavy (non-hydrogen) atoms. The standard InChI is InChI=1S/C22H31N3O3/c1-4-27-20-11-8-18(16-21(20)28-5-2)13-15-25-22(23)24-14-12-17-6-9-19(26-3)10-7-17/h6-11,16H,4-5,12-15H2,1-3H3,(H3,23,24,25). The molecule has 0 saturated heterocycles. The number of nitrogens with one attached hydrogen (secondary N) is 1. The summed E-state index contributed by atoms with van der Waals surface area (Å²) in [5, 5.41) is 3.16. The predicted molar refractivity (Wildman–Crippen MR) is 114 cm³/mol. The van der Waals surface area contributed by atoms with Crippen LogP contribution in [0.3, 0.4) is 0 Å². The van der Waals surface area contributed by atoms with Crippen molar-refractivity contribution in [1.82, 2.24) is 5.32 Å². The molecule has 0 unspecified atom stereocenters. The number of nitrogens with zero attached hydrogens (tertiary/aromatic N) is 1. The lowest BCUT2D eigenvalue weighted by Crippen LogP contribution is -2.33. The van der Waals surface area contributed by atoms with Gasteiger partial charge in [0, 0.05) is 13.1 Å². The smallest absolute Gasteiger partial charge is 0.188 e. The average molecular weight is 386 g/mol. The molecule has 0 aliphatic heterocycles. The summed E-state index contributed by atoms with van der Waals surface area (Å²) in [5.74, 6) is 2.88. The van der Waals surface area contributed by atoms with E-state index in [2.05, 4.69) is 10.3 Å². The molecule has 0 atom stereocenters. The first-order valence-electron chi connectivity index (χ1n) is 9.71. The van der Waals surface area contributed by atoms with Gasteiger partial charge in [0.2, 0.25) is 0 Å². The molecule has 2 rings (SSSR count). The highest BCUT2D eigenvalue weighted by molar-refractivity contribution is 5.77. The second kappa shape index (κ2) is 11.7. The van der Waals surface area contributed by atoms with Crippen LogP contribution in [0.15, 0.2) is 47.5 Å². The number of ether oxygens (including phenoxy) is 3. The first-order valence-corrected chi connectivity index (χ1v) is 9.71. The Morgan fingerprint density at radius 2 is 1.61 bits per heavy atom. The number of aliphatic imine (C=N–C) groups is 1. The first-order chi connectivity index (χ1) is 13.7. The Balaban J connectivity index is 1.78. The van der Waals surface area contributed by atoms with Crippen LogP contribution in [0.2, 0.25) is 0 Å². The van der Waals surface area contributed by atoms with Crippen LogP contribution in [0.25, 0.3) is 0 Å². The monoisotopic (exact) mass is 385 g/mol. The molecule has 152 valence electrons. The maximum Gasteiger partial charge on any atom is 0.188 e. The fraction of sp³-hybridized carbons (Fsp3) is 0.409. The molecule has 0 heterocycles. The van der Waals surface area contributed by atoms with Crippen molar-refractivity contribution in [2.75, 3.05) is 33.4 Å². The predicted octanol–water partition coefficient (Wildman–Crippen LogP) is 3.18. The molecular formula is C22H31N3O3. The van der Waals surface area contributed by atoms with E-state index in [0.29, 0.717) is 32.3 Å². The zero-order valence-electron chi connectivity index (χ0n) is 17.0. The van der Waals surface area contributed by atoms with Crippen LogP contribution in [0.1, 0.15) is 25.0 Å². The number of nitrogens with two attached hydrogens (primary N) is 1. The molecule has 0 amide bonds. The molecule has 0 radical (unpaired) electrons. The van der Waals surface area contributed by atoms with Gasteiger partial charge in [-0.1, -0.05) is 18.2 Å². The van der Waals surface area contributed by atoms with Gasteiger partial charge in [-0.15, -0.1) is 0 Å². The summed E-state index contributed by atoms with van der Waals surface area (Å²) in [6.45, 7) is 6.50. The van der Waals surface area contributed by atoms with Gasteiger partial charge in [-0.25, -0.2) is 0 Å². The van der Waals surface area contributed by atoms with Gasteiger partial charge >= 0.3 is 0 Å². The Morgan fingerprint density at radius 1 is 0.929 bits per heavy atom. The summed E-state index contributed by atoms with van der Waals surface area (Å²) < 4.78 is 16.4. The van der Waals surface area contributed by atoms with Crippen LogP contribution in [0.4, 0.5) is 0 Å². The molecule has 0 saturated carbocycles. The molecule has 0 fully saturated rings. The summed E-state index contributed by atoms with van der Waals surface area (Å²) in [7, 11) is 1.66. The molecule has 6 heteroatoms. The maximum absolute atomic E-state index is 5.96. The lowest BCUT2D eigenvalue weighted by atomic mass is 10.1. The van der Waals surface area contributed by atoms with E-state index >= 15 is 0 Å². The van der Waals surface area contributed by atoms with Gasteiger partial charge in [-0.05, 0) is 62.1 Å². The molecule has 0 aromatic heterocycles. The highest BCUT2D eigenvalue weighted by Crippen LogP contribution is 2.28. The van der Waals surface area contributed by atoms with Crippen molar-refractivity contribution < 1.29 is 14.2 Å². The van der Waals surface area contributed by atoms with Crippen molar-refractivity contribution in [3.8, 4) is 17.2 Å². The molecule has 2 aromatic rings. The van der Waals surface area contributed by atoms with Gasteiger partial charge in [-0.3, -0.25) is 4.99 Å². The first kappa shape index (κ1) is 21.4. The van der Waals surface area contributed by atoms with Crippen molar-refractivity contribution in [2.45, 2.75) is 26.7 Å². The van der Waals surface area contributed by atoms with Crippen molar-refractivity contribution in [3.05, 3.63) is 53.6 Å². The number of hydrogen-bond donors (Lipinski definition) is 2. The van der Waals surface area contributed by atoms with Crippen molar-refractivity contribution in [3.63, 3.8) is 0 Å². The van der Waals surface area contributed by atoms with Gasteiger partial charge in [0.1, 0.15) is 5.75 Å². The minimum atomic E-state index is 0.462. The number of benzene rings is 2. The van der Waals surface area contributed by atoms with E-state index in [1.54, 1.807) is 7.11 Å². The topological polar surface area (TPSA) is 78.1 Å². The third kappa shape index (κ3) is 7.02. The van der Waals surface area contributed by atoms with Crippen LogP contribution < -0.4 is 25.3 Å². The van der Waals surface area contributed by atoms with Crippen molar-refractivity contribution in [1.29, 1.82) is 0 Å². The summed E-state index contributed by atoms with van der Waals surface area (Å²) in [6.07, 6.45) is 1.66. The molecule has 0 spiro atoms. The third-order valence-corrected chi connectivity index (χ3v) is 4.17. The van der Waals surface area contributed by atoms with Gasteiger partial charge in [0.25, 0.3) is 0 Å². The minimum absolute atomic E-state index is 0.462. The van der Waals surface area contributed by atoms with E-state index in [4.69, 9.17) is 19.9 Å². The lowest BCUT2D eigenvalue weighted by molar-refractivity contribution is 0.287. The lowest BCUT2D eigenvalue weighted by Gasteiger charge is -2.12. The zero-order valence-corrected chi connectivity index (χ0v) is 17.0. The molecular weight excluding hydrogens is 354 g/mol. The minimum Gasteiger partial charge on any atom is -0.497 e. The van der Waals surface area contributed by atoms with Crippen LogP contribution in [-0.2, 0) is 12.8 Å². The maximum atomic E-state index is 5.96. The second-order valence-corrected chi connectivity index (χ2v) is 6.19. The largest absolute Gasteiger partial charge is 0.497 e. The molecule has 0 bridgehead atoms. The second-order valence-electron chi connectivity index (χ2n) is 6.19. The summed E-state index contributed by atoms with van der Waals surface area (Å²) >= 11 is 0. The number of rotatable bonds is 11. The number of hydrogen-bond acceptors (Lipinski definition) is 4. The van der Waals surface area contributed by atoms with E-state index in [1.807, 2.05) is 56.3 Å². The Kier molecular flexibility index (Phi) is 8.98. The van der Waals surface area contributed by atoms with Crippen LogP contribution in [-0.4, -0.2) is 39.4 Å². The van der Waals surface area contributed by atoms with Crippen LogP contribution in [0.5, 0.6) is 17.2 Å². The summed E-state index contributed by atoms with van der Waals surface area (Å²) in [4.78, 5) is 4.39. The normalized spacial score (nSPS) is 11.2. The zero-order chi connectivity index (χ0) is 20.2. The summed E-state index contributed by atoms with van der Waals surface area (Å²) in [6, 6.07) is 14.0. The Labute approximate surface area is 167 Å². The highest BCUT2D eigenvalue weighted by atomic mass is 16.5. The highest BCUT2D eigenvalue weighted by Gasteiger charge is 2.06. The fourth-order valence-electron chi connectivity index (χ4n) is 2.74. The van der Waals surface area contributed by atoms with E-state index < -0.39 is 0 Å². The molecule has 0 aliphatic carbocycles. The fourth-order valence-corrected chi connectivity index (χ4v) is 2.74. The molecule has 0 aliphatic rings. The van der Waals surface area contributed by atoms with Gasteiger partial charge in [0.15, 0.2) is 17.5 Å². The number of guanidine groups is 1. The van der Waals surface area contributed by atoms with Gasteiger partial charge in [0.05, 0.1) is 20.3 Å². The summed E-state index contributed by atoms with van der Waals surface area (Å²) in [5.41, 5.74) is 8.32. The van der Waals surface area contributed by atoms with E-state index in [0.717, 1.165) is 35.7 Å². The third-order valence-electron chi connectivity index (χ3n) is 4.17. The van der Waals surface area contributed by atoms with Gasteiger partial charge in [-0.2, -0.15) is 0 Å². The van der Waals surface area contributed by atoms with E-state index in [9.17, 15) is 0 Å². The van der Waals surface area contributed by atoms with Crippen LogP contribution in [0, 0.1) is 0 Å².